The number of para-hydroxylation sites is 1. The van der Waals surface area contributed by atoms with Crippen LogP contribution in [-0.2, 0) is 11.2 Å². The molecule has 4 rings (SSSR count). The lowest BCUT2D eigenvalue weighted by atomic mass is 9.99. The van der Waals surface area contributed by atoms with Crippen LogP contribution < -0.4 is 10.2 Å². The fourth-order valence-corrected chi connectivity index (χ4v) is 3.66. The summed E-state index contributed by atoms with van der Waals surface area (Å²) in [4.78, 5) is 28.1. The molecule has 0 radical (unpaired) electrons. The maximum Gasteiger partial charge on any atom is 0.254 e. The second kappa shape index (κ2) is 8.09. The first-order valence-electron chi connectivity index (χ1n) is 9.54. The van der Waals surface area contributed by atoms with Gasteiger partial charge in [0, 0.05) is 17.8 Å². The molecular weight excluding hydrogens is 348 g/mol. The summed E-state index contributed by atoms with van der Waals surface area (Å²) in [6, 6.07) is 25.7. The lowest BCUT2D eigenvalue weighted by molar-refractivity contribution is -0.120. The molecule has 0 aliphatic carbocycles. The molecule has 1 aliphatic rings. The summed E-state index contributed by atoms with van der Waals surface area (Å²) >= 11 is 0. The predicted molar refractivity (Wildman–Crippen MR) is 110 cm³/mol. The number of anilines is 1. The number of aryl methyl sites for hydroxylation is 1. The molecule has 1 N–H and O–H groups in total. The topological polar surface area (TPSA) is 49.4 Å². The monoisotopic (exact) mass is 370 g/mol. The van der Waals surface area contributed by atoms with Gasteiger partial charge in [-0.1, -0.05) is 66.7 Å². The van der Waals surface area contributed by atoms with Crippen molar-refractivity contribution < 1.29 is 9.59 Å². The lowest BCUT2D eigenvalue weighted by Gasteiger charge is -2.32. The van der Waals surface area contributed by atoms with Crippen LogP contribution in [0.3, 0.4) is 0 Å². The predicted octanol–water partition coefficient (Wildman–Crippen LogP) is 4.14. The zero-order valence-electron chi connectivity index (χ0n) is 15.5. The molecule has 0 fully saturated rings. The van der Waals surface area contributed by atoms with Gasteiger partial charge in [0.1, 0.15) is 6.04 Å². The van der Waals surface area contributed by atoms with Crippen molar-refractivity contribution in [3.63, 3.8) is 0 Å². The molecule has 0 spiro atoms. The fourth-order valence-electron chi connectivity index (χ4n) is 3.66. The lowest BCUT2D eigenvalue weighted by Crippen LogP contribution is -2.45. The smallest absolute Gasteiger partial charge is 0.254 e. The quantitative estimate of drug-likeness (QED) is 0.750. The third-order valence-corrected chi connectivity index (χ3v) is 5.07. The first kappa shape index (κ1) is 18.0. The molecule has 3 aromatic rings. The second-order valence-corrected chi connectivity index (χ2v) is 6.91. The Bertz CT molecular complexity index is 970. The Labute approximate surface area is 164 Å². The number of amides is 2. The van der Waals surface area contributed by atoms with Crippen LogP contribution in [0.5, 0.6) is 0 Å². The minimum Gasteiger partial charge on any atom is -0.336 e. The maximum atomic E-state index is 13.5. The largest absolute Gasteiger partial charge is 0.336 e. The van der Waals surface area contributed by atoms with Gasteiger partial charge in [-0.15, -0.1) is 0 Å². The van der Waals surface area contributed by atoms with Gasteiger partial charge in [-0.2, -0.15) is 0 Å². The summed E-state index contributed by atoms with van der Waals surface area (Å²) in [6.07, 6.45) is 1.88. The van der Waals surface area contributed by atoms with Crippen molar-refractivity contribution in [3.8, 4) is 0 Å². The van der Waals surface area contributed by atoms with Gasteiger partial charge < -0.3 is 10.2 Å². The van der Waals surface area contributed by atoms with Gasteiger partial charge in [-0.25, -0.2) is 0 Å². The first-order valence-corrected chi connectivity index (χ1v) is 9.54. The Morgan fingerprint density at radius 2 is 1.46 bits per heavy atom. The minimum atomic E-state index is -0.736. The van der Waals surface area contributed by atoms with Crippen molar-refractivity contribution in [3.05, 3.63) is 102 Å². The van der Waals surface area contributed by atoms with Crippen molar-refractivity contribution in [2.75, 3.05) is 11.4 Å². The summed E-state index contributed by atoms with van der Waals surface area (Å²) in [5.74, 6) is -0.365. The molecule has 2 amide bonds. The third-order valence-electron chi connectivity index (χ3n) is 5.07. The number of nitrogens with one attached hydrogen (secondary N) is 1. The van der Waals surface area contributed by atoms with E-state index in [1.54, 1.807) is 12.1 Å². The molecule has 3 aromatic carbocycles. The van der Waals surface area contributed by atoms with Gasteiger partial charge in [0.25, 0.3) is 11.8 Å². The summed E-state index contributed by atoms with van der Waals surface area (Å²) < 4.78 is 0. The molecule has 0 saturated heterocycles. The Kier molecular flexibility index (Phi) is 5.20. The van der Waals surface area contributed by atoms with Crippen LogP contribution in [0.1, 0.15) is 33.9 Å². The summed E-state index contributed by atoms with van der Waals surface area (Å²) in [5, 5.41) is 2.95. The molecule has 0 bridgehead atoms. The van der Waals surface area contributed by atoms with E-state index in [1.807, 2.05) is 71.6 Å². The van der Waals surface area contributed by atoms with E-state index in [-0.39, 0.29) is 11.8 Å². The van der Waals surface area contributed by atoms with E-state index in [4.69, 9.17) is 0 Å². The zero-order chi connectivity index (χ0) is 19.3. The Morgan fingerprint density at radius 3 is 2.21 bits per heavy atom. The molecule has 1 aliphatic heterocycles. The van der Waals surface area contributed by atoms with Crippen LogP contribution in [0.25, 0.3) is 0 Å². The van der Waals surface area contributed by atoms with Crippen LogP contribution in [0.4, 0.5) is 5.69 Å². The average Bonchev–Trinajstić information content (AvgIpc) is 2.77. The van der Waals surface area contributed by atoms with E-state index in [2.05, 4.69) is 11.4 Å². The van der Waals surface area contributed by atoms with E-state index < -0.39 is 6.04 Å². The van der Waals surface area contributed by atoms with Gasteiger partial charge in [0.15, 0.2) is 0 Å². The van der Waals surface area contributed by atoms with Gasteiger partial charge in [-0.05, 0) is 42.2 Å². The maximum absolute atomic E-state index is 13.5. The molecule has 1 atom stereocenters. The van der Waals surface area contributed by atoms with E-state index in [9.17, 15) is 9.59 Å². The average molecular weight is 370 g/mol. The normalized spacial score (nSPS) is 14.1. The van der Waals surface area contributed by atoms with Crippen LogP contribution in [0.2, 0.25) is 0 Å². The molecule has 140 valence electrons. The van der Waals surface area contributed by atoms with E-state index in [0.29, 0.717) is 12.1 Å². The molecule has 4 heteroatoms. The SMILES string of the molecule is O=C(N[C@@H](C(=O)N1CCCc2ccccc21)c1ccccc1)c1ccccc1. The number of carbonyl (C=O) groups excluding carboxylic acids is 2. The number of hydrogen-bond donors (Lipinski definition) is 1. The van der Waals surface area contributed by atoms with Crippen LogP contribution in [0, 0.1) is 0 Å². The number of fused-ring (bicyclic) bond motifs is 1. The van der Waals surface area contributed by atoms with Crippen LogP contribution in [-0.4, -0.2) is 18.4 Å². The van der Waals surface area contributed by atoms with Crippen LogP contribution >= 0.6 is 0 Å². The molecule has 1 heterocycles. The van der Waals surface area contributed by atoms with Gasteiger partial charge in [-0.3, -0.25) is 9.59 Å². The molecule has 28 heavy (non-hydrogen) atoms. The Balaban J connectivity index is 1.66. The molecule has 0 saturated carbocycles. The first-order chi connectivity index (χ1) is 13.7. The Morgan fingerprint density at radius 1 is 0.821 bits per heavy atom. The van der Waals surface area contributed by atoms with Crippen molar-refractivity contribution in [2.24, 2.45) is 0 Å². The molecule has 0 aromatic heterocycles. The van der Waals surface area contributed by atoms with Crippen LogP contribution in [0.15, 0.2) is 84.9 Å². The number of hydrogen-bond acceptors (Lipinski definition) is 2. The van der Waals surface area contributed by atoms with Gasteiger partial charge in [0.05, 0.1) is 0 Å². The molecule has 0 unspecified atom stereocenters. The summed E-state index contributed by atoms with van der Waals surface area (Å²) in [7, 11) is 0. The highest BCUT2D eigenvalue weighted by atomic mass is 16.2. The zero-order valence-corrected chi connectivity index (χ0v) is 15.5. The Hall–Kier alpha value is -3.40. The minimum absolute atomic E-state index is 0.109. The number of rotatable bonds is 4. The highest BCUT2D eigenvalue weighted by Crippen LogP contribution is 2.29. The van der Waals surface area contributed by atoms with Crippen molar-refractivity contribution in [1.82, 2.24) is 5.32 Å². The van der Waals surface area contributed by atoms with Crippen molar-refractivity contribution >= 4 is 17.5 Å². The number of nitrogens with zero attached hydrogens (tertiary/aromatic N) is 1. The highest BCUT2D eigenvalue weighted by Gasteiger charge is 2.31. The third kappa shape index (κ3) is 3.67. The second-order valence-electron chi connectivity index (χ2n) is 6.91. The molecule has 4 nitrogen and oxygen atoms in total. The summed E-state index contributed by atoms with van der Waals surface area (Å²) in [5.41, 5.74) is 3.42. The molecular formula is C24H22N2O2. The van der Waals surface area contributed by atoms with Crippen molar-refractivity contribution in [2.45, 2.75) is 18.9 Å². The number of carbonyl (C=O) groups is 2. The van der Waals surface area contributed by atoms with E-state index in [0.717, 1.165) is 24.1 Å². The highest BCUT2D eigenvalue weighted by molar-refractivity contribution is 6.03. The fraction of sp³-hybridized carbons (Fsp3) is 0.167. The van der Waals surface area contributed by atoms with Gasteiger partial charge in [0.2, 0.25) is 0 Å². The summed E-state index contributed by atoms with van der Waals surface area (Å²) in [6.45, 7) is 0.653. The van der Waals surface area contributed by atoms with E-state index in [1.165, 1.54) is 5.56 Å². The van der Waals surface area contributed by atoms with Gasteiger partial charge >= 0.3 is 0 Å². The standard InChI is InChI=1S/C24H22N2O2/c27-23(20-13-5-2-6-14-20)25-22(19-11-3-1-4-12-19)24(28)26-17-9-15-18-10-7-8-16-21(18)26/h1-8,10-14,16,22H,9,15,17H2,(H,25,27)/t22-/m1/s1. The number of benzene rings is 3. The van der Waals surface area contributed by atoms with Crippen molar-refractivity contribution in [1.29, 1.82) is 0 Å². The van der Waals surface area contributed by atoms with E-state index >= 15 is 0 Å².